The van der Waals surface area contributed by atoms with Gasteiger partial charge in [0.1, 0.15) is 11.5 Å². The second-order valence-electron chi connectivity index (χ2n) is 7.54. The third-order valence-electron chi connectivity index (χ3n) is 5.41. The molecule has 1 amide bonds. The largest absolute Gasteiger partial charge is 0.508 e. The molecule has 7 nitrogen and oxygen atoms in total. The third kappa shape index (κ3) is 4.25. The van der Waals surface area contributed by atoms with E-state index < -0.39 is 23.7 Å². The van der Waals surface area contributed by atoms with Gasteiger partial charge < -0.3 is 14.9 Å². The molecule has 2 N–H and O–H groups in total. The summed E-state index contributed by atoms with van der Waals surface area (Å²) in [5, 5.41) is 21.2. The van der Waals surface area contributed by atoms with Crippen LogP contribution < -0.4 is 4.90 Å². The van der Waals surface area contributed by atoms with Crippen molar-refractivity contribution in [2.75, 3.05) is 11.5 Å². The van der Waals surface area contributed by atoms with Crippen LogP contribution in [0, 0.1) is 0 Å². The number of carbonyl (C=O) groups is 3. The highest BCUT2D eigenvalue weighted by Crippen LogP contribution is 2.42. The number of ketones is 1. The molecule has 0 aromatic heterocycles. The number of aliphatic hydroxyl groups is 1. The van der Waals surface area contributed by atoms with E-state index in [9.17, 15) is 24.6 Å². The number of aliphatic hydroxyl groups excluding tert-OH is 1. The van der Waals surface area contributed by atoms with Gasteiger partial charge in [-0.15, -0.1) is 0 Å². The zero-order chi connectivity index (χ0) is 24.4. The Hall–Kier alpha value is -4.10. The molecule has 1 unspecified atom stereocenters. The lowest BCUT2D eigenvalue weighted by Gasteiger charge is -2.25. The molecule has 0 aliphatic carbocycles. The summed E-state index contributed by atoms with van der Waals surface area (Å²) in [5.74, 6) is -2.58. The molecular formula is C26H20ClNO6. The van der Waals surface area contributed by atoms with E-state index in [-0.39, 0.29) is 29.3 Å². The summed E-state index contributed by atoms with van der Waals surface area (Å²) in [6.07, 6.45) is 0. The third-order valence-corrected chi connectivity index (χ3v) is 5.64. The molecule has 0 bridgehead atoms. The highest BCUT2D eigenvalue weighted by molar-refractivity contribution is 6.51. The maximum atomic E-state index is 13.2. The lowest BCUT2D eigenvalue weighted by atomic mass is 9.95. The number of halogens is 1. The van der Waals surface area contributed by atoms with Crippen LogP contribution >= 0.6 is 11.6 Å². The zero-order valence-electron chi connectivity index (χ0n) is 18.1. The van der Waals surface area contributed by atoms with Crippen molar-refractivity contribution in [3.05, 3.63) is 100 Å². The number of hydrogen-bond acceptors (Lipinski definition) is 6. The minimum atomic E-state index is -0.979. The summed E-state index contributed by atoms with van der Waals surface area (Å²) in [7, 11) is 0. The van der Waals surface area contributed by atoms with Crippen LogP contribution in [-0.4, -0.2) is 34.5 Å². The van der Waals surface area contributed by atoms with Gasteiger partial charge in [0.25, 0.3) is 11.7 Å². The Morgan fingerprint density at radius 3 is 2.29 bits per heavy atom. The molecule has 1 saturated heterocycles. The lowest BCUT2D eigenvalue weighted by Crippen LogP contribution is -2.29. The minimum Gasteiger partial charge on any atom is -0.508 e. The van der Waals surface area contributed by atoms with Crippen LogP contribution in [0.4, 0.5) is 5.69 Å². The van der Waals surface area contributed by atoms with Gasteiger partial charge >= 0.3 is 5.97 Å². The van der Waals surface area contributed by atoms with Gasteiger partial charge in [-0.3, -0.25) is 14.5 Å². The molecule has 3 aromatic rings. The fourth-order valence-electron chi connectivity index (χ4n) is 3.83. The quantitative estimate of drug-likeness (QED) is 0.235. The van der Waals surface area contributed by atoms with Crippen molar-refractivity contribution >= 4 is 40.7 Å². The number of nitrogens with zero attached hydrogens (tertiary/aromatic N) is 1. The van der Waals surface area contributed by atoms with Crippen molar-refractivity contribution in [3.8, 4) is 5.75 Å². The van der Waals surface area contributed by atoms with E-state index >= 15 is 0 Å². The number of ether oxygens (including phenoxy) is 1. The fraction of sp³-hybridized carbons (Fsp3) is 0.115. The van der Waals surface area contributed by atoms with E-state index in [4.69, 9.17) is 16.3 Å². The maximum Gasteiger partial charge on any atom is 0.338 e. The highest BCUT2D eigenvalue weighted by Gasteiger charge is 2.47. The van der Waals surface area contributed by atoms with Crippen molar-refractivity contribution in [2.24, 2.45) is 0 Å². The number of Topliss-reactive ketones (excluding diaryl/α,β-unsaturated/α-hetero) is 1. The van der Waals surface area contributed by atoms with E-state index in [1.54, 1.807) is 37.3 Å². The second kappa shape index (κ2) is 9.41. The molecule has 0 radical (unpaired) electrons. The van der Waals surface area contributed by atoms with Gasteiger partial charge in [-0.05, 0) is 61.0 Å². The van der Waals surface area contributed by atoms with Crippen molar-refractivity contribution < 1.29 is 29.3 Å². The van der Waals surface area contributed by atoms with Crippen LogP contribution in [0.3, 0.4) is 0 Å². The summed E-state index contributed by atoms with van der Waals surface area (Å²) in [6.45, 7) is 1.92. The van der Waals surface area contributed by atoms with Gasteiger partial charge in [0.2, 0.25) is 0 Å². The first-order chi connectivity index (χ1) is 16.3. The van der Waals surface area contributed by atoms with Crippen LogP contribution in [0.2, 0.25) is 5.02 Å². The summed E-state index contributed by atoms with van der Waals surface area (Å²) >= 11 is 6.06. The molecule has 1 fully saturated rings. The summed E-state index contributed by atoms with van der Waals surface area (Å²) in [5.41, 5.74) is 1.30. The average Bonchev–Trinajstić information content (AvgIpc) is 3.10. The first-order valence-corrected chi connectivity index (χ1v) is 10.8. The molecule has 172 valence electrons. The number of aromatic hydroxyl groups is 1. The van der Waals surface area contributed by atoms with E-state index in [2.05, 4.69) is 0 Å². The number of rotatable bonds is 5. The number of carbonyl (C=O) groups excluding carboxylic acids is 3. The molecule has 1 heterocycles. The molecule has 3 aromatic carbocycles. The molecule has 1 atom stereocenters. The van der Waals surface area contributed by atoms with Gasteiger partial charge in [0.05, 0.1) is 23.8 Å². The van der Waals surface area contributed by atoms with Gasteiger partial charge in [0, 0.05) is 16.3 Å². The molecular weight excluding hydrogens is 458 g/mol. The van der Waals surface area contributed by atoms with E-state index in [1.807, 2.05) is 0 Å². The van der Waals surface area contributed by atoms with Crippen LogP contribution in [-0.2, 0) is 14.3 Å². The van der Waals surface area contributed by atoms with E-state index in [0.717, 1.165) is 0 Å². The maximum absolute atomic E-state index is 13.2. The molecule has 1 aliphatic heterocycles. The Morgan fingerprint density at radius 1 is 1.00 bits per heavy atom. The normalized spacial score (nSPS) is 17.1. The van der Waals surface area contributed by atoms with Crippen LogP contribution in [0.15, 0.2) is 78.4 Å². The Labute approximate surface area is 200 Å². The summed E-state index contributed by atoms with van der Waals surface area (Å²) in [6, 6.07) is 17.4. The van der Waals surface area contributed by atoms with E-state index in [0.29, 0.717) is 21.8 Å². The Bertz CT molecular complexity index is 1300. The summed E-state index contributed by atoms with van der Waals surface area (Å²) < 4.78 is 4.99. The van der Waals surface area contributed by atoms with Gasteiger partial charge in [-0.25, -0.2) is 4.79 Å². The second-order valence-corrected chi connectivity index (χ2v) is 7.97. The number of phenols is 1. The van der Waals surface area contributed by atoms with Crippen molar-refractivity contribution in [1.29, 1.82) is 0 Å². The molecule has 0 saturated carbocycles. The van der Waals surface area contributed by atoms with Gasteiger partial charge in [0.15, 0.2) is 0 Å². The highest BCUT2D eigenvalue weighted by atomic mass is 35.5. The SMILES string of the molecule is CCOC(=O)c1ccc(N2C(=O)C(=O)/C(=C(/O)c3cccc(Cl)c3)C2c2ccc(O)cc2)cc1. The first kappa shape index (κ1) is 23.1. The minimum absolute atomic E-state index is 0.00864. The molecule has 4 rings (SSSR count). The molecule has 0 spiro atoms. The number of amides is 1. The number of esters is 1. The van der Waals surface area contributed by atoms with Crippen molar-refractivity contribution in [1.82, 2.24) is 0 Å². The number of benzene rings is 3. The van der Waals surface area contributed by atoms with Crippen molar-refractivity contribution in [3.63, 3.8) is 0 Å². The lowest BCUT2D eigenvalue weighted by molar-refractivity contribution is -0.132. The molecule has 1 aliphatic rings. The van der Waals surface area contributed by atoms with Gasteiger partial charge in [-0.2, -0.15) is 0 Å². The topological polar surface area (TPSA) is 104 Å². The first-order valence-electron chi connectivity index (χ1n) is 10.4. The predicted octanol–water partition coefficient (Wildman–Crippen LogP) is 4.85. The number of hydrogen-bond donors (Lipinski definition) is 2. The monoisotopic (exact) mass is 477 g/mol. The smallest absolute Gasteiger partial charge is 0.338 e. The standard InChI is InChI=1S/C26H20ClNO6/c1-2-34-26(33)16-6-10-19(11-7-16)28-22(15-8-12-20(29)13-9-15)21(24(31)25(28)32)23(30)17-4-3-5-18(27)14-17/h3-14,22,29-30H,2H2,1H3/b23-21+. The molecule has 34 heavy (non-hydrogen) atoms. The Balaban J connectivity index is 1.86. The van der Waals surface area contributed by atoms with Crippen LogP contribution in [0.1, 0.15) is 34.5 Å². The zero-order valence-corrected chi connectivity index (χ0v) is 18.8. The molecule has 8 heteroatoms. The Morgan fingerprint density at radius 2 is 1.68 bits per heavy atom. The van der Waals surface area contributed by atoms with Crippen molar-refractivity contribution in [2.45, 2.75) is 13.0 Å². The summed E-state index contributed by atoms with van der Waals surface area (Å²) in [4.78, 5) is 39.5. The van der Waals surface area contributed by atoms with E-state index in [1.165, 1.54) is 47.4 Å². The number of phenolic OH excluding ortho intramolecular Hbond substituents is 1. The average molecular weight is 478 g/mol. The Kier molecular flexibility index (Phi) is 6.38. The number of anilines is 1. The van der Waals surface area contributed by atoms with Crippen LogP contribution in [0.5, 0.6) is 5.75 Å². The fourth-order valence-corrected chi connectivity index (χ4v) is 4.02. The predicted molar refractivity (Wildman–Crippen MR) is 127 cm³/mol. The van der Waals surface area contributed by atoms with Gasteiger partial charge in [-0.1, -0.05) is 35.9 Å². The van der Waals surface area contributed by atoms with Crippen LogP contribution in [0.25, 0.3) is 5.76 Å².